The van der Waals surface area contributed by atoms with E-state index in [1.807, 2.05) is 66.0 Å². The SMILES string of the molecule is O=C(Nc1nc(-c2ccccc2Cl)cs1)c1cc(-c2ccccc2)nc2ccc(Cl)cc12. The van der Waals surface area contributed by atoms with Gasteiger partial charge in [0.1, 0.15) is 0 Å². The highest BCUT2D eigenvalue weighted by Crippen LogP contribution is 2.31. The van der Waals surface area contributed by atoms with Crippen LogP contribution in [0.4, 0.5) is 5.13 Å². The highest BCUT2D eigenvalue weighted by Gasteiger charge is 2.17. The normalized spacial score (nSPS) is 10.9. The molecule has 2 heterocycles. The second kappa shape index (κ2) is 8.71. The number of anilines is 1. The van der Waals surface area contributed by atoms with E-state index in [4.69, 9.17) is 28.2 Å². The molecule has 0 saturated carbocycles. The van der Waals surface area contributed by atoms with Gasteiger partial charge in [0.25, 0.3) is 5.91 Å². The van der Waals surface area contributed by atoms with Gasteiger partial charge in [0.2, 0.25) is 0 Å². The predicted molar refractivity (Wildman–Crippen MR) is 133 cm³/mol. The molecule has 7 heteroatoms. The van der Waals surface area contributed by atoms with Gasteiger partial charge in [-0.05, 0) is 30.3 Å². The van der Waals surface area contributed by atoms with E-state index in [0.717, 1.165) is 11.1 Å². The number of amides is 1. The van der Waals surface area contributed by atoms with Crippen molar-refractivity contribution in [2.75, 3.05) is 5.32 Å². The summed E-state index contributed by atoms with van der Waals surface area (Å²) in [5.41, 5.74) is 4.33. The van der Waals surface area contributed by atoms with Gasteiger partial charge >= 0.3 is 0 Å². The molecule has 0 bridgehead atoms. The Labute approximate surface area is 198 Å². The maximum absolute atomic E-state index is 13.3. The van der Waals surface area contributed by atoms with Crippen molar-refractivity contribution in [3.05, 3.63) is 99.9 Å². The van der Waals surface area contributed by atoms with Crippen LogP contribution in [-0.2, 0) is 0 Å². The molecule has 0 aliphatic heterocycles. The fourth-order valence-corrected chi connectivity index (χ4v) is 4.54. The van der Waals surface area contributed by atoms with Crippen molar-refractivity contribution >= 4 is 56.5 Å². The molecule has 0 radical (unpaired) electrons. The monoisotopic (exact) mass is 475 g/mol. The summed E-state index contributed by atoms with van der Waals surface area (Å²) in [6, 6.07) is 24.3. The molecule has 1 amide bonds. The predicted octanol–water partition coefficient (Wildman–Crippen LogP) is 7.58. The molecule has 156 valence electrons. The summed E-state index contributed by atoms with van der Waals surface area (Å²) < 4.78 is 0. The third kappa shape index (κ3) is 4.10. The molecule has 0 spiro atoms. The summed E-state index contributed by atoms with van der Waals surface area (Å²) in [5.74, 6) is -0.281. The molecule has 5 rings (SSSR count). The maximum atomic E-state index is 13.3. The number of fused-ring (bicyclic) bond motifs is 1. The Morgan fingerprint density at radius 3 is 2.44 bits per heavy atom. The number of nitrogens with zero attached hydrogens (tertiary/aromatic N) is 2. The lowest BCUT2D eigenvalue weighted by atomic mass is 10.0. The van der Waals surface area contributed by atoms with Crippen molar-refractivity contribution in [3.8, 4) is 22.5 Å². The summed E-state index contributed by atoms with van der Waals surface area (Å²) in [5, 5.41) is 7.09. The summed E-state index contributed by atoms with van der Waals surface area (Å²) >= 11 is 13.8. The summed E-state index contributed by atoms with van der Waals surface area (Å²) in [6.07, 6.45) is 0. The van der Waals surface area contributed by atoms with Gasteiger partial charge in [-0.15, -0.1) is 11.3 Å². The Morgan fingerprint density at radius 1 is 0.844 bits per heavy atom. The van der Waals surface area contributed by atoms with Gasteiger partial charge in [-0.3, -0.25) is 10.1 Å². The number of pyridine rings is 1. The number of hydrogen-bond acceptors (Lipinski definition) is 4. The van der Waals surface area contributed by atoms with Gasteiger partial charge in [-0.1, -0.05) is 71.7 Å². The third-order valence-corrected chi connectivity index (χ3v) is 6.28. The van der Waals surface area contributed by atoms with Gasteiger partial charge in [0.05, 0.1) is 22.5 Å². The zero-order valence-electron chi connectivity index (χ0n) is 16.5. The first-order valence-corrected chi connectivity index (χ1v) is 11.4. The smallest absolute Gasteiger partial charge is 0.258 e. The molecule has 0 fully saturated rings. The third-order valence-electron chi connectivity index (χ3n) is 4.96. The second-order valence-electron chi connectivity index (χ2n) is 7.05. The highest BCUT2D eigenvalue weighted by molar-refractivity contribution is 7.14. The minimum Gasteiger partial charge on any atom is -0.298 e. The van der Waals surface area contributed by atoms with E-state index in [1.54, 1.807) is 18.2 Å². The quantitative estimate of drug-likeness (QED) is 0.291. The van der Waals surface area contributed by atoms with E-state index in [-0.39, 0.29) is 5.91 Å². The first-order chi connectivity index (χ1) is 15.6. The molecule has 32 heavy (non-hydrogen) atoms. The van der Waals surface area contributed by atoms with Crippen molar-refractivity contribution in [3.63, 3.8) is 0 Å². The van der Waals surface area contributed by atoms with Crippen molar-refractivity contribution in [1.82, 2.24) is 9.97 Å². The topological polar surface area (TPSA) is 54.9 Å². The van der Waals surface area contributed by atoms with Crippen molar-refractivity contribution in [1.29, 1.82) is 0 Å². The van der Waals surface area contributed by atoms with Crippen LogP contribution in [0.25, 0.3) is 33.4 Å². The number of benzene rings is 3. The van der Waals surface area contributed by atoms with Gasteiger partial charge in [0.15, 0.2) is 5.13 Å². The molecule has 4 nitrogen and oxygen atoms in total. The van der Waals surface area contributed by atoms with Crippen LogP contribution < -0.4 is 5.32 Å². The molecule has 0 unspecified atom stereocenters. The molecule has 2 aromatic heterocycles. The molecule has 0 saturated heterocycles. The molecule has 0 atom stereocenters. The van der Waals surface area contributed by atoms with Crippen LogP contribution >= 0.6 is 34.5 Å². The fourth-order valence-electron chi connectivity index (χ4n) is 3.43. The lowest BCUT2D eigenvalue weighted by Gasteiger charge is -2.10. The number of nitrogens with one attached hydrogen (secondary N) is 1. The number of carbonyl (C=O) groups excluding carboxylic acids is 1. The Morgan fingerprint density at radius 2 is 1.62 bits per heavy atom. The summed E-state index contributed by atoms with van der Waals surface area (Å²) in [6.45, 7) is 0. The highest BCUT2D eigenvalue weighted by atomic mass is 35.5. The summed E-state index contributed by atoms with van der Waals surface area (Å²) in [4.78, 5) is 22.6. The average molecular weight is 476 g/mol. The van der Waals surface area contributed by atoms with Crippen LogP contribution in [0.3, 0.4) is 0 Å². The lowest BCUT2D eigenvalue weighted by Crippen LogP contribution is -2.13. The van der Waals surface area contributed by atoms with Gasteiger partial charge in [-0.25, -0.2) is 9.97 Å². The Bertz CT molecular complexity index is 1450. The summed E-state index contributed by atoms with van der Waals surface area (Å²) in [7, 11) is 0. The number of rotatable bonds is 4. The van der Waals surface area contributed by atoms with Crippen LogP contribution in [0, 0.1) is 0 Å². The maximum Gasteiger partial charge on any atom is 0.258 e. The van der Waals surface area contributed by atoms with E-state index >= 15 is 0 Å². The van der Waals surface area contributed by atoms with Gasteiger partial charge < -0.3 is 0 Å². The van der Waals surface area contributed by atoms with Crippen molar-refractivity contribution in [2.45, 2.75) is 0 Å². The first-order valence-electron chi connectivity index (χ1n) is 9.76. The molecule has 5 aromatic rings. The second-order valence-corrected chi connectivity index (χ2v) is 8.76. The number of hydrogen-bond donors (Lipinski definition) is 1. The van der Waals surface area contributed by atoms with E-state index in [0.29, 0.717) is 43.0 Å². The minimum atomic E-state index is -0.281. The van der Waals surface area contributed by atoms with Crippen molar-refractivity contribution in [2.24, 2.45) is 0 Å². The largest absolute Gasteiger partial charge is 0.298 e. The molecule has 0 aliphatic carbocycles. The first kappa shape index (κ1) is 20.6. The Balaban J connectivity index is 1.53. The Hall–Kier alpha value is -3.25. The minimum absolute atomic E-state index is 0.281. The molecular weight excluding hydrogens is 461 g/mol. The van der Waals surface area contributed by atoms with E-state index in [9.17, 15) is 4.79 Å². The van der Waals surface area contributed by atoms with E-state index < -0.39 is 0 Å². The number of halogens is 2. The number of thiazole rings is 1. The lowest BCUT2D eigenvalue weighted by molar-refractivity contribution is 0.102. The van der Waals surface area contributed by atoms with Gasteiger partial charge in [-0.2, -0.15) is 0 Å². The van der Waals surface area contributed by atoms with Crippen LogP contribution in [0.1, 0.15) is 10.4 Å². The zero-order valence-corrected chi connectivity index (χ0v) is 18.9. The fraction of sp³-hybridized carbons (Fsp3) is 0. The molecule has 1 N–H and O–H groups in total. The standard InChI is InChI=1S/C25H15Cl2N3OS/c26-16-10-11-21-18(12-16)19(13-22(28-21)15-6-2-1-3-7-15)24(31)30-25-29-23(14-32-25)17-8-4-5-9-20(17)27/h1-14H,(H,29,30,31). The molecule has 3 aromatic carbocycles. The molecule has 0 aliphatic rings. The number of aromatic nitrogens is 2. The van der Waals surface area contributed by atoms with Crippen LogP contribution in [0.5, 0.6) is 0 Å². The van der Waals surface area contributed by atoms with E-state index in [2.05, 4.69) is 10.3 Å². The van der Waals surface area contributed by atoms with Crippen LogP contribution in [-0.4, -0.2) is 15.9 Å². The molecular formula is C25H15Cl2N3OS. The Kier molecular flexibility index (Phi) is 5.62. The van der Waals surface area contributed by atoms with E-state index in [1.165, 1.54) is 11.3 Å². The van der Waals surface area contributed by atoms with Gasteiger partial charge in [0, 0.05) is 31.9 Å². The zero-order chi connectivity index (χ0) is 22.1. The average Bonchev–Trinajstić information content (AvgIpc) is 3.27. The van der Waals surface area contributed by atoms with Crippen LogP contribution in [0.2, 0.25) is 10.0 Å². The number of carbonyl (C=O) groups is 1. The van der Waals surface area contributed by atoms with Crippen molar-refractivity contribution < 1.29 is 4.79 Å². The van der Waals surface area contributed by atoms with Crippen LogP contribution in [0.15, 0.2) is 84.2 Å².